The normalized spacial score (nSPS) is 15.4. The van der Waals surface area contributed by atoms with E-state index in [0.29, 0.717) is 12.0 Å². The van der Waals surface area contributed by atoms with Crippen LogP contribution in [0.15, 0.2) is 69.3 Å². The number of nitro benzene ring substituents is 1. The lowest BCUT2D eigenvalue weighted by atomic mass is 9.99. The van der Waals surface area contributed by atoms with Gasteiger partial charge in [-0.3, -0.25) is 24.5 Å². The second kappa shape index (κ2) is 8.27. The summed E-state index contributed by atoms with van der Waals surface area (Å²) in [4.78, 5) is 37.5. The summed E-state index contributed by atoms with van der Waals surface area (Å²) in [7, 11) is 0. The summed E-state index contributed by atoms with van der Waals surface area (Å²) in [5.41, 5.74) is 3.14. The Morgan fingerprint density at radius 1 is 1.16 bits per heavy atom. The Kier molecular flexibility index (Phi) is 5.35. The van der Waals surface area contributed by atoms with E-state index < -0.39 is 28.1 Å². The highest BCUT2D eigenvalue weighted by atomic mass is 16.6. The van der Waals surface area contributed by atoms with Crippen LogP contribution in [0.3, 0.4) is 0 Å². The first-order chi connectivity index (χ1) is 14.9. The van der Waals surface area contributed by atoms with Crippen LogP contribution in [0.2, 0.25) is 0 Å². The smallest absolute Gasteiger partial charge is 0.331 e. The summed E-state index contributed by atoms with van der Waals surface area (Å²) >= 11 is 0. The summed E-state index contributed by atoms with van der Waals surface area (Å²) in [5.74, 6) is -0.454. The molecule has 158 valence electrons. The second-order valence-corrected chi connectivity index (χ2v) is 7.14. The van der Waals surface area contributed by atoms with Crippen molar-refractivity contribution in [2.45, 2.75) is 25.4 Å². The number of nitrogens with zero attached hydrogens (tertiary/aromatic N) is 3. The van der Waals surface area contributed by atoms with Crippen molar-refractivity contribution in [2.75, 3.05) is 0 Å². The van der Waals surface area contributed by atoms with Crippen LogP contribution in [0.5, 0.6) is 5.88 Å². The Balaban J connectivity index is 1.60. The van der Waals surface area contributed by atoms with Crippen LogP contribution < -0.4 is 16.7 Å². The van der Waals surface area contributed by atoms with E-state index in [4.69, 9.17) is 0 Å². The molecule has 0 saturated heterocycles. The first-order valence-electron chi connectivity index (χ1n) is 9.61. The molecule has 3 aromatic rings. The molecule has 31 heavy (non-hydrogen) atoms. The van der Waals surface area contributed by atoms with Gasteiger partial charge < -0.3 is 10.5 Å². The first-order valence-corrected chi connectivity index (χ1v) is 9.61. The number of nitro groups is 1. The number of aromatic amines is 1. The minimum atomic E-state index is -0.737. The van der Waals surface area contributed by atoms with E-state index in [0.717, 1.165) is 10.1 Å². The molecule has 0 aliphatic carbocycles. The van der Waals surface area contributed by atoms with E-state index in [1.165, 1.54) is 12.1 Å². The van der Waals surface area contributed by atoms with Gasteiger partial charge in [-0.2, -0.15) is 5.10 Å². The topological polar surface area (TPSA) is 143 Å². The van der Waals surface area contributed by atoms with Crippen LogP contribution in [0.4, 0.5) is 5.69 Å². The first kappa shape index (κ1) is 20.1. The Morgan fingerprint density at radius 3 is 2.68 bits per heavy atom. The molecule has 1 aliphatic rings. The summed E-state index contributed by atoms with van der Waals surface area (Å²) in [6, 6.07) is 15.2. The molecule has 3 N–H and O–H groups in total. The number of aromatic hydroxyl groups is 1. The van der Waals surface area contributed by atoms with Crippen molar-refractivity contribution in [1.29, 1.82) is 0 Å². The molecule has 0 unspecified atom stereocenters. The van der Waals surface area contributed by atoms with Crippen molar-refractivity contribution in [1.82, 2.24) is 15.0 Å². The molecule has 0 radical (unpaired) electrons. The van der Waals surface area contributed by atoms with Gasteiger partial charge in [-0.15, -0.1) is 0 Å². The Bertz CT molecular complexity index is 1280. The van der Waals surface area contributed by atoms with Gasteiger partial charge in [0.05, 0.1) is 16.7 Å². The van der Waals surface area contributed by atoms with Crippen molar-refractivity contribution in [2.24, 2.45) is 5.10 Å². The van der Waals surface area contributed by atoms with Gasteiger partial charge >= 0.3 is 5.69 Å². The van der Waals surface area contributed by atoms with E-state index in [-0.39, 0.29) is 29.9 Å². The largest absolute Gasteiger partial charge is 0.494 e. The van der Waals surface area contributed by atoms with Gasteiger partial charge in [0.2, 0.25) is 5.88 Å². The lowest BCUT2D eigenvalue weighted by Crippen LogP contribution is -2.34. The van der Waals surface area contributed by atoms with E-state index >= 15 is 0 Å². The fourth-order valence-electron chi connectivity index (χ4n) is 3.56. The zero-order valence-electron chi connectivity index (χ0n) is 16.3. The van der Waals surface area contributed by atoms with Crippen LogP contribution in [0.25, 0.3) is 0 Å². The highest BCUT2D eigenvalue weighted by Gasteiger charge is 2.28. The van der Waals surface area contributed by atoms with E-state index in [1.54, 1.807) is 12.1 Å². The third-order valence-electron chi connectivity index (χ3n) is 5.16. The summed E-state index contributed by atoms with van der Waals surface area (Å²) in [6.45, 7) is 0.174. The van der Waals surface area contributed by atoms with Crippen LogP contribution in [-0.2, 0) is 13.0 Å². The Morgan fingerprint density at radius 2 is 1.94 bits per heavy atom. The summed E-state index contributed by atoms with van der Waals surface area (Å²) in [6.07, 6.45) is 0.704. The fraction of sp³-hybridized carbons (Fsp3) is 0.190. The molecule has 0 saturated carbocycles. The highest BCUT2D eigenvalue weighted by Crippen LogP contribution is 2.28. The molecule has 4 rings (SSSR count). The molecule has 2 heterocycles. The van der Waals surface area contributed by atoms with Crippen molar-refractivity contribution >= 4 is 11.4 Å². The molecule has 10 nitrogen and oxygen atoms in total. The quantitative estimate of drug-likeness (QED) is 0.409. The predicted octanol–water partition coefficient (Wildman–Crippen LogP) is 1.83. The van der Waals surface area contributed by atoms with Crippen molar-refractivity contribution in [3.05, 3.63) is 102 Å². The van der Waals surface area contributed by atoms with Crippen molar-refractivity contribution in [3.63, 3.8) is 0 Å². The van der Waals surface area contributed by atoms with Crippen LogP contribution in [0.1, 0.15) is 29.2 Å². The van der Waals surface area contributed by atoms with Crippen molar-refractivity contribution < 1.29 is 10.0 Å². The number of hydrazone groups is 1. The lowest BCUT2D eigenvalue weighted by Gasteiger charge is -2.12. The standard InChI is InChI=1S/C21H19N5O5/c27-19-18(17-12-16(23-24-17)14-7-4-8-15(11-14)26(30)31)20(28)25(21(29)22-19)10-9-13-5-2-1-3-6-13/h1-8,11,16,23,28H,9-10,12H2,(H,22,27,29)/t16-/m1/s1. The Hall–Kier alpha value is -4.21. The third kappa shape index (κ3) is 4.08. The predicted molar refractivity (Wildman–Crippen MR) is 113 cm³/mol. The third-order valence-corrected chi connectivity index (χ3v) is 5.16. The molecular formula is C21H19N5O5. The number of H-pyrrole nitrogens is 1. The average molecular weight is 421 g/mol. The number of benzene rings is 2. The maximum atomic E-state index is 12.4. The minimum absolute atomic E-state index is 0.0529. The van der Waals surface area contributed by atoms with E-state index in [9.17, 15) is 24.8 Å². The molecule has 1 aromatic heterocycles. The van der Waals surface area contributed by atoms with Crippen molar-refractivity contribution in [3.8, 4) is 5.88 Å². The zero-order chi connectivity index (χ0) is 22.0. The van der Waals surface area contributed by atoms with Gasteiger partial charge in [0.25, 0.3) is 11.2 Å². The van der Waals surface area contributed by atoms with Gasteiger partial charge in [-0.05, 0) is 17.5 Å². The maximum Gasteiger partial charge on any atom is 0.331 e. The van der Waals surface area contributed by atoms with Gasteiger partial charge in [0, 0.05) is 25.1 Å². The molecule has 1 atom stereocenters. The van der Waals surface area contributed by atoms with E-state index in [2.05, 4.69) is 15.5 Å². The zero-order valence-corrected chi connectivity index (χ0v) is 16.3. The molecule has 1 aliphatic heterocycles. The molecule has 2 aromatic carbocycles. The number of aromatic nitrogens is 2. The Labute approximate surface area is 175 Å². The molecule has 0 bridgehead atoms. The number of non-ortho nitro benzene ring substituents is 1. The molecule has 0 spiro atoms. The van der Waals surface area contributed by atoms with Gasteiger partial charge in [0.1, 0.15) is 5.56 Å². The number of nitrogens with one attached hydrogen (secondary N) is 2. The minimum Gasteiger partial charge on any atom is -0.494 e. The fourth-order valence-corrected chi connectivity index (χ4v) is 3.56. The number of hydrogen-bond donors (Lipinski definition) is 3. The van der Waals surface area contributed by atoms with Gasteiger partial charge in [-0.25, -0.2) is 4.79 Å². The monoisotopic (exact) mass is 421 g/mol. The number of rotatable bonds is 6. The second-order valence-electron chi connectivity index (χ2n) is 7.14. The number of aryl methyl sites for hydroxylation is 1. The molecule has 10 heteroatoms. The SMILES string of the molecule is O=c1[nH]c(=O)n(CCc2ccccc2)c(O)c1C1=NN[C@@H](c2cccc([N+](=O)[O-])c2)C1. The summed E-state index contributed by atoms with van der Waals surface area (Å²) < 4.78 is 1.10. The van der Waals surface area contributed by atoms with E-state index in [1.807, 2.05) is 30.3 Å². The van der Waals surface area contributed by atoms with Crippen LogP contribution in [0, 0.1) is 10.1 Å². The average Bonchev–Trinajstić information content (AvgIpc) is 3.24. The van der Waals surface area contributed by atoms with Crippen LogP contribution >= 0.6 is 0 Å². The van der Waals surface area contributed by atoms with Gasteiger partial charge in [0.15, 0.2) is 0 Å². The van der Waals surface area contributed by atoms with Gasteiger partial charge in [-0.1, -0.05) is 42.5 Å². The molecular weight excluding hydrogens is 402 g/mol. The lowest BCUT2D eigenvalue weighted by molar-refractivity contribution is -0.384. The molecule has 0 fully saturated rings. The maximum absolute atomic E-state index is 12.4. The van der Waals surface area contributed by atoms with Crippen LogP contribution in [-0.4, -0.2) is 25.3 Å². The molecule has 0 amide bonds. The number of hydrogen-bond acceptors (Lipinski definition) is 7. The summed E-state index contributed by atoms with van der Waals surface area (Å²) in [5, 5.41) is 25.9. The highest BCUT2D eigenvalue weighted by molar-refractivity contribution is 6.03.